The van der Waals surface area contributed by atoms with Crippen LogP contribution < -0.4 is 5.32 Å². The fourth-order valence-corrected chi connectivity index (χ4v) is 1.46. The summed E-state index contributed by atoms with van der Waals surface area (Å²) in [7, 11) is 0. The molecule has 1 rings (SSSR count). The minimum Gasteiger partial charge on any atom is -0.481 e. The third-order valence-corrected chi connectivity index (χ3v) is 2.85. The number of carboxylic acids is 1. The van der Waals surface area contributed by atoms with E-state index >= 15 is 0 Å². The molecular weight excluding hydrogens is 234 g/mol. The van der Waals surface area contributed by atoms with E-state index in [1.54, 1.807) is 24.7 Å². The average molecular weight is 253 g/mol. The number of hydrogen-bond acceptors (Lipinski definition) is 3. The van der Waals surface area contributed by atoms with Crippen LogP contribution in [0.2, 0.25) is 0 Å². The minimum absolute atomic E-state index is 0.294. The van der Waals surface area contributed by atoms with E-state index < -0.39 is 17.9 Å². The molecule has 0 aromatic carbocycles. The van der Waals surface area contributed by atoms with Crippen molar-refractivity contribution in [1.82, 2.24) is 15.1 Å². The summed E-state index contributed by atoms with van der Waals surface area (Å²) in [4.78, 5) is 22.6. The number of carboxylic acid groups (broad SMARTS) is 1. The number of nitrogens with zero attached hydrogens (tertiary/aromatic N) is 2. The molecule has 2 atom stereocenters. The third kappa shape index (κ3) is 3.58. The van der Waals surface area contributed by atoms with Crippen LogP contribution in [0.3, 0.4) is 0 Å². The Morgan fingerprint density at radius 3 is 2.72 bits per heavy atom. The SMILES string of the molecule is CCCn1cc(C(=O)NC(C)C(C)C(=O)O)cn1. The number of aliphatic carboxylic acids is 1. The van der Waals surface area contributed by atoms with Gasteiger partial charge in [-0.3, -0.25) is 14.3 Å². The standard InChI is InChI=1S/C12H19N3O3/c1-4-5-15-7-10(6-13-15)11(16)14-9(3)8(2)12(17)18/h6-9H,4-5H2,1-3H3,(H,14,16)(H,17,18). The van der Waals surface area contributed by atoms with Gasteiger partial charge in [-0.25, -0.2) is 0 Å². The molecule has 0 saturated carbocycles. The van der Waals surface area contributed by atoms with Gasteiger partial charge in [-0.15, -0.1) is 0 Å². The Morgan fingerprint density at radius 2 is 2.17 bits per heavy atom. The lowest BCUT2D eigenvalue weighted by Gasteiger charge is -2.17. The Labute approximate surface area is 106 Å². The molecule has 0 aliphatic heterocycles. The number of rotatable bonds is 6. The first-order valence-corrected chi connectivity index (χ1v) is 6.01. The summed E-state index contributed by atoms with van der Waals surface area (Å²) in [6.07, 6.45) is 4.09. The van der Waals surface area contributed by atoms with Gasteiger partial charge < -0.3 is 10.4 Å². The number of hydrogen-bond donors (Lipinski definition) is 2. The van der Waals surface area contributed by atoms with Crippen LogP contribution in [0.15, 0.2) is 12.4 Å². The third-order valence-electron chi connectivity index (χ3n) is 2.85. The summed E-state index contributed by atoms with van der Waals surface area (Å²) in [6, 6.07) is -0.426. The predicted molar refractivity (Wildman–Crippen MR) is 66.2 cm³/mol. The van der Waals surface area contributed by atoms with E-state index in [1.165, 1.54) is 6.20 Å². The van der Waals surface area contributed by atoms with Gasteiger partial charge in [0, 0.05) is 18.8 Å². The molecular formula is C12H19N3O3. The molecule has 0 radical (unpaired) electrons. The maximum atomic E-state index is 11.8. The quantitative estimate of drug-likeness (QED) is 0.796. The van der Waals surface area contributed by atoms with Crippen molar-refractivity contribution in [3.63, 3.8) is 0 Å². The van der Waals surface area contributed by atoms with Gasteiger partial charge in [0.2, 0.25) is 0 Å². The van der Waals surface area contributed by atoms with E-state index in [9.17, 15) is 9.59 Å². The molecule has 2 unspecified atom stereocenters. The van der Waals surface area contributed by atoms with Crippen LogP contribution in [-0.4, -0.2) is 32.8 Å². The molecule has 1 aromatic rings. The van der Waals surface area contributed by atoms with Crippen molar-refractivity contribution in [1.29, 1.82) is 0 Å². The number of aryl methyl sites for hydroxylation is 1. The van der Waals surface area contributed by atoms with Gasteiger partial charge in [-0.05, 0) is 20.3 Å². The zero-order valence-electron chi connectivity index (χ0n) is 10.9. The molecule has 0 bridgehead atoms. The van der Waals surface area contributed by atoms with Gasteiger partial charge in [0.15, 0.2) is 0 Å². The first-order chi connectivity index (χ1) is 8.45. The molecule has 2 N–H and O–H groups in total. The van der Waals surface area contributed by atoms with Crippen molar-refractivity contribution in [3.05, 3.63) is 18.0 Å². The monoisotopic (exact) mass is 253 g/mol. The minimum atomic E-state index is -0.926. The number of carbonyl (C=O) groups excluding carboxylic acids is 1. The Balaban J connectivity index is 2.61. The average Bonchev–Trinajstić information content (AvgIpc) is 2.77. The van der Waals surface area contributed by atoms with E-state index in [2.05, 4.69) is 10.4 Å². The lowest BCUT2D eigenvalue weighted by Crippen LogP contribution is -2.39. The summed E-state index contributed by atoms with van der Waals surface area (Å²) in [5.41, 5.74) is 0.452. The zero-order valence-corrected chi connectivity index (χ0v) is 10.9. The fourth-order valence-electron chi connectivity index (χ4n) is 1.46. The molecule has 1 amide bonds. The second kappa shape index (κ2) is 6.18. The van der Waals surface area contributed by atoms with E-state index in [1.807, 2.05) is 6.92 Å². The maximum absolute atomic E-state index is 11.8. The van der Waals surface area contributed by atoms with Gasteiger partial charge in [-0.2, -0.15) is 5.10 Å². The lowest BCUT2D eigenvalue weighted by molar-refractivity contribution is -0.141. The van der Waals surface area contributed by atoms with Crippen molar-refractivity contribution < 1.29 is 14.7 Å². The van der Waals surface area contributed by atoms with E-state index in [-0.39, 0.29) is 5.91 Å². The molecule has 100 valence electrons. The Morgan fingerprint density at radius 1 is 1.50 bits per heavy atom. The molecule has 0 fully saturated rings. The predicted octanol–water partition coefficient (Wildman–Crippen LogP) is 1.13. The highest BCUT2D eigenvalue weighted by Gasteiger charge is 2.21. The number of aromatic nitrogens is 2. The van der Waals surface area contributed by atoms with Gasteiger partial charge >= 0.3 is 5.97 Å². The highest BCUT2D eigenvalue weighted by Crippen LogP contribution is 2.05. The summed E-state index contributed by atoms with van der Waals surface area (Å²) in [6.45, 7) is 6.02. The normalized spacial score (nSPS) is 13.9. The van der Waals surface area contributed by atoms with Crippen LogP contribution in [-0.2, 0) is 11.3 Å². The molecule has 6 nitrogen and oxygen atoms in total. The van der Waals surface area contributed by atoms with Crippen molar-refractivity contribution in [2.24, 2.45) is 5.92 Å². The van der Waals surface area contributed by atoms with Crippen molar-refractivity contribution >= 4 is 11.9 Å². The summed E-state index contributed by atoms with van der Waals surface area (Å²) in [5.74, 6) is -1.85. The van der Waals surface area contributed by atoms with Crippen molar-refractivity contribution in [3.8, 4) is 0 Å². The van der Waals surface area contributed by atoms with Crippen molar-refractivity contribution in [2.45, 2.75) is 39.8 Å². The van der Waals surface area contributed by atoms with Crippen LogP contribution >= 0.6 is 0 Å². The van der Waals surface area contributed by atoms with Crippen LogP contribution in [0.25, 0.3) is 0 Å². The number of nitrogens with one attached hydrogen (secondary N) is 1. The Kier molecular flexibility index (Phi) is 4.88. The largest absolute Gasteiger partial charge is 0.481 e. The van der Waals surface area contributed by atoms with Gasteiger partial charge in [-0.1, -0.05) is 6.92 Å². The second-order valence-electron chi connectivity index (χ2n) is 4.38. The Bertz CT molecular complexity index is 428. The first-order valence-electron chi connectivity index (χ1n) is 6.01. The van der Waals surface area contributed by atoms with E-state index in [0.717, 1.165) is 13.0 Å². The van der Waals surface area contributed by atoms with Crippen molar-refractivity contribution in [2.75, 3.05) is 0 Å². The molecule has 1 heterocycles. The van der Waals surface area contributed by atoms with Crippen LogP contribution in [0.1, 0.15) is 37.6 Å². The Hall–Kier alpha value is -1.85. The zero-order chi connectivity index (χ0) is 13.7. The summed E-state index contributed by atoms with van der Waals surface area (Å²) >= 11 is 0. The molecule has 0 aliphatic rings. The molecule has 0 saturated heterocycles. The van der Waals surface area contributed by atoms with Crippen LogP contribution in [0.4, 0.5) is 0 Å². The fraction of sp³-hybridized carbons (Fsp3) is 0.583. The van der Waals surface area contributed by atoms with Gasteiger partial charge in [0.25, 0.3) is 5.91 Å². The lowest BCUT2D eigenvalue weighted by atomic mass is 10.0. The van der Waals surface area contributed by atoms with E-state index in [4.69, 9.17) is 5.11 Å². The highest BCUT2D eigenvalue weighted by atomic mass is 16.4. The molecule has 0 aliphatic carbocycles. The van der Waals surface area contributed by atoms with E-state index in [0.29, 0.717) is 5.56 Å². The molecule has 6 heteroatoms. The van der Waals surface area contributed by atoms with Crippen LogP contribution in [0.5, 0.6) is 0 Å². The van der Waals surface area contributed by atoms with Gasteiger partial charge in [0.1, 0.15) is 0 Å². The maximum Gasteiger partial charge on any atom is 0.308 e. The number of amides is 1. The summed E-state index contributed by atoms with van der Waals surface area (Å²) < 4.78 is 1.69. The van der Waals surface area contributed by atoms with Crippen LogP contribution in [0, 0.1) is 5.92 Å². The smallest absolute Gasteiger partial charge is 0.308 e. The topological polar surface area (TPSA) is 84.2 Å². The second-order valence-corrected chi connectivity index (χ2v) is 4.38. The number of carbonyl (C=O) groups is 2. The summed E-state index contributed by atoms with van der Waals surface area (Å²) in [5, 5.41) is 15.6. The van der Waals surface area contributed by atoms with Gasteiger partial charge in [0.05, 0.1) is 17.7 Å². The first kappa shape index (κ1) is 14.2. The molecule has 1 aromatic heterocycles. The molecule has 0 spiro atoms. The highest BCUT2D eigenvalue weighted by molar-refractivity contribution is 5.94. The molecule has 18 heavy (non-hydrogen) atoms.